The summed E-state index contributed by atoms with van der Waals surface area (Å²) < 4.78 is 27.0. The van der Waals surface area contributed by atoms with Gasteiger partial charge < -0.3 is 10.6 Å². The standard InChI is InChI=1S/C20H24F2N2/c21-18-13-16-8-11-24(12-9-17(16)14-19(18)22)20-7-2-1-5-15(20)6-3-4-10-23/h1-2,5,7,13-14H,3-4,6,8-12,23H2. The van der Waals surface area contributed by atoms with Crippen LogP contribution in [0.3, 0.4) is 0 Å². The molecule has 4 heteroatoms. The van der Waals surface area contributed by atoms with E-state index in [1.54, 1.807) is 0 Å². The molecule has 2 aromatic carbocycles. The number of nitrogens with zero attached hydrogens (tertiary/aromatic N) is 1. The molecule has 2 aromatic rings. The third-order valence-corrected chi connectivity index (χ3v) is 4.78. The molecule has 128 valence electrons. The summed E-state index contributed by atoms with van der Waals surface area (Å²) in [5.74, 6) is -1.49. The molecule has 1 aliphatic rings. The molecule has 0 unspecified atom stereocenters. The summed E-state index contributed by atoms with van der Waals surface area (Å²) in [5.41, 5.74) is 10.0. The smallest absolute Gasteiger partial charge is 0.159 e. The normalized spacial score (nSPS) is 14.4. The van der Waals surface area contributed by atoms with Crippen LogP contribution in [0, 0.1) is 11.6 Å². The Labute approximate surface area is 142 Å². The average molecular weight is 330 g/mol. The van der Waals surface area contributed by atoms with Crippen molar-refractivity contribution in [2.24, 2.45) is 5.73 Å². The number of hydrogen-bond acceptors (Lipinski definition) is 2. The van der Waals surface area contributed by atoms with Gasteiger partial charge in [0.2, 0.25) is 0 Å². The Hall–Kier alpha value is -1.94. The Morgan fingerprint density at radius 3 is 2.17 bits per heavy atom. The number of aryl methyl sites for hydroxylation is 1. The quantitative estimate of drug-likeness (QED) is 0.844. The zero-order valence-electron chi connectivity index (χ0n) is 13.9. The summed E-state index contributed by atoms with van der Waals surface area (Å²) in [6, 6.07) is 11.2. The molecule has 0 aromatic heterocycles. The second-order valence-corrected chi connectivity index (χ2v) is 6.40. The second kappa shape index (κ2) is 7.75. The van der Waals surface area contributed by atoms with E-state index < -0.39 is 11.6 Å². The summed E-state index contributed by atoms with van der Waals surface area (Å²) in [5, 5.41) is 0. The predicted octanol–water partition coefficient (Wildman–Crippen LogP) is 3.85. The maximum Gasteiger partial charge on any atom is 0.159 e. The van der Waals surface area contributed by atoms with Crippen molar-refractivity contribution in [2.75, 3.05) is 24.5 Å². The van der Waals surface area contributed by atoms with Gasteiger partial charge in [-0.3, -0.25) is 0 Å². The second-order valence-electron chi connectivity index (χ2n) is 6.40. The van der Waals surface area contributed by atoms with Crippen molar-refractivity contribution >= 4 is 5.69 Å². The summed E-state index contributed by atoms with van der Waals surface area (Å²) in [7, 11) is 0. The molecular weight excluding hydrogens is 306 g/mol. The lowest BCUT2D eigenvalue weighted by molar-refractivity contribution is 0.505. The molecule has 2 N–H and O–H groups in total. The van der Waals surface area contributed by atoms with Gasteiger partial charge in [-0.15, -0.1) is 0 Å². The Morgan fingerprint density at radius 2 is 1.54 bits per heavy atom. The van der Waals surface area contributed by atoms with Gasteiger partial charge in [0.15, 0.2) is 11.6 Å². The first-order valence-corrected chi connectivity index (χ1v) is 8.68. The van der Waals surface area contributed by atoms with Crippen molar-refractivity contribution in [2.45, 2.75) is 32.1 Å². The number of benzene rings is 2. The molecule has 0 saturated carbocycles. The van der Waals surface area contributed by atoms with Gasteiger partial charge in [0.05, 0.1) is 0 Å². The van der Waals surface area contributed by atoms with E-state index in [9.17, 15) is 8.78 Å². The molecule has 0 spiro atoms. The number of fused-ring (bicyclic) bond motifs is 1. The molecule has 0 saturated heterocycles. The van der Waals surface area contributed by atoms with Crippen molar-refractivity contribution in [3.05, 3.63) is 64.7 Å². The largest absolute Gasteiger partial charge is 0.371 e. The Balaban J connectivity index is 1.78. The van der Waals surface area contributed by atoms with Crippen LogP contribution in [-0.4, -0.2) is 19.6 Å². The molecule has 3 rings (SSSR count). The van der Waals surface area contributed by atoms with Crippen LogP contribution in [0.15, 0.2) is 36.4 Å². The highest BCUT2D eigenvalue weighted by Gasteiger charge is 2.18. The first kappa shape index (κ1) is 16.9. The van der Waals surface area contributed by atoms with E-state index in [1.807, 2.05) is 0 Å². The van der Waals surface area contributed by atoms with Gasteiger partial charge in [0.1, 0.15) is 0 Å². The molecule has 0 fully saturated rings. The van der Waals surface area contributed by atoms with Crippen LogP contribution in [0.1, 0.15) is 29.5 Å². The van der Waals surface area contributed by atoms with Crippen LogP contribution < -0.4 is 10.6 Å². The van der Waals surface area contributed by atoms with E-state index >= 15 is 0 Å². The van der Waals surface area contributed by atoms with Crippen molar-refractivity contribution in [3.63, 3.8) is 0 Å². The molecule has 1 aliphatic heterocycles. The molecule has 0 aliphatic carbocycles. The van der Waals surface area contributed by atoms with Crippen LogP contribution in [0.4, 0.5) is 14.5 Å². The highest BCUT2D eigenvalue weighted by molar-refractivity contribution is 5.54. The number of nitrogens with two attached hydrogens (primary N) is 1. The van der Waals surface area contributed by atoms with Gasteiger partial charge in [0.25, 0.3) is 0 Å². The predicted molar refractivity (Wildman–Crippen MR) is 94.4 cm³/mol. The molecule has 0 radical (unpaired) electrons. The summed E-state index contributed by atoms with van der Waals surface area (Å²) in [4.78, 5) is 2.34. The molecule has 0 bridgehead atoms. The van der Waals surface area contributed by atoms with E-state index in [4.69, 9.17) is 5.73 Å². The fourth-order valence-corrected chi connectivity index (χ4v) is 3.45. The molecule has 2 nitrogen and oxygen atoms in total. The zero-order valence-corrected chi connectivity index (χ0v) is 13.9. The van der Waals surface area contributed by atoms with Crippen LogP contribution in [0.25, 0.3) is 0 Å². The molecule has 1 heterocycles. The maximum absolute atomic E-state index is 13.5. The van der Waals surface area contributed by atoms with Crippen LogP contribution in [-0.2, 0) is 19.3 Å². The number of halogens is 2. The van der Waals surface area contributed by atoms with Crippen molar-refractivity contribution in [3.8, 4) is 0 Å². The maximum atomic E-state index is 13.5. The lowest BCUT2D eigenvalue weighted by atomic mass is 10.0. The fourth-order valence-electron chi connectivity index (χ4n) is 3.45. The topological polar surface area (TPSA) is 29.3 Å². The molecule has 0 atom stereocenters. The lowest BCUT2D eigenvalue weighted by Gasteiger charge is -2.25. The minimum atomic E-state index is -0.746. The number of para-hydroxylation sites is 1. The van der Waals surface area contributed by atoms with Gasteiger partial charge in [0, 0.05) is 18.8 Å². The summed E-state index contributed by atoms with van der Waals surface area (Å²) in [6.07, 6.45) is 4.60. The van der Waals surface area contributed by atoms with Crippen molar-refractivity contribution in [1.29, 1.82) is 0 Å². The number of anilines is 1. The SMILES string of the molecule is NCCCCc1ccccc1N1CCc2cc(F)c(F)cc2CC1. The highest BCUT2D eigenvalue weighted by atomic mass is 19.2. The summed E-state index contributed by atoms with van der Waals surface area (Å²) >= 11 is 0. The van der Waals surface area contributed by atoms with Gasteiger partial charge in [-0.2, -0.15) is 0 Å². The Kier molecular flexibility index (Phi) is 5.46. The number of hydrogen-bond donors (Lipinski definition) is 1. The third-order valence-electron chi connectivity index (χ3n) is 4.78. The van der Waals surface area contributed by atoms with E-state index in [2.05, 4.69) is 29.2 Å². The first-order chi connectivity index (χ1) is 11.7. The number of rotatable bonds is 5. The monoisotopic (exact) mass is 330 g/mol. The third kappa shape index (κ3) is 3.75. The van der Waals surface area contributed by atoms with Gasteiger partial charge in [-0.1, -0.05) is 18.2 Å². The molecular formula is C20H24F2N2. The Bertz CT molecular complexity index is 667. The van der Waals surface area contributed by atoms with Crippen LogP contribution in [0.2, 0.25) is 0 Å². The van der Waals surface area contributed by atoms with Gasteiger partial charge in [-0.05, 0) is 73.5 Å². The molecule has 24 heavy (non-hydrogen) atoms. The van der Waals surface area contributed by atoms with E-state index in [0.29, 0.717) is 0 Å². The van der Waals surface area contributed by atoms with E-state index in [-0.39, 0.29) is 0 Å². The van der Waals surface area contributed by atoms with Crippen molar-refractivity contribution < 1.29 is 8.78 Å². The zero-order chi connectivity index (χ0) is 16.9. The minimum Gasteiger partial charge on any atom is -0.371 e. The van der Waals surface area contributed by atoms with Crippen LogP contribution in [0.5, 0.6) is 0 Å². The first-order valence-electron chi connectivity index (χ1n) is 8.68. The van der Waals surface area contributed by atoms with Crippen molar-refractivity contribution in [1.82, 2.24) is 0 Å². The average Bonchev–Trinajstić information content (AvgIpc) is 2.79. The number of unbranched alkanes of at least 4 members (excludes halogenated alkanes) is 1. The van der Waals surface area contributed by atoms with Crippen LogP contribution >= 0.6 is 0 Å². The fraction of sp³-hybridized carbons (Fsp3) is 0.400. The van der Waals surface area contributed by atoms with E-state index in [1.165, 1.54) is 23.4 Å². The minimum absolute atomic E-state index is 0.721. The Morgan fingerprint density at radius 1 is 0.917 bits per heavy atom. The van der Waals surface area contributed by atoms with E-state index in [0.717, 1.165) is 62.9 Å². The summed E-state index contributed by atoms with van der Waals surface area (Å²) in [6.45, 7) is 2.37. The highest BCUT2D eigenvalue weighted by Crippen LogP contribution is 2.26. The van der Waals surface area contributed by atoms with Gasteiger partial charge >= 0.3 is 0 Å². The van der Waals surface area contributed by atoms with Gasteiger partial charge in [-0.25, -0.2) is 8.78 Å². The lowest BCUT2D eigenvalue weighted by Crippen LogP contribution is -2.27. The molecule has 0 amide bonds.